The monoisotopic (exact) mass is 716 g/mol. The molecular weight excluding hydrogens is 685 g/mol. The molecular formula is C31H32Cl2F2N2O9S. The van der Waals surface area contributed by atoms with Crippen LogP contribution in [-0.4, -0.2) is 58.7 Å². The quantitative estimate of drug-likeness (QED) is 0.117. The van der Waals surface area contributed by atoms with Crippen LogP contribution in [0.2, 0.25) is 10.0 Å². The molecule has 1 saturated heterocycles. The van der Waals surface area contributed by atoms with Crippen LogP contribution in [0.3, 0.4) is 0 Å². The Morgan fingerprint density at radius 1 is 1.00 bits per heavy atom. The van der Waals surface area contributed by atoms with Crippen LogP contribution in [0.4, 0.5) is 8.78 Å². The number of carbonyl (C=O) groups is 1. The summed E-state index contributed by atoms with van der Waals surface area (Å²) >= 11 is 12.7. The first-order chi connectivity index (χ1) is 22.4. The molecule has 254 valence electrons. The van der Waals surface area contributed by atoms with Crippen molar-refractivity contribution in [3.05, 3.63) is 75.2 Å². The molecule has 2 atom stereocenters. The zero-order chi connectivity index (χ0) is 33.9. The van der Waals surface area contributed by atoms with E-state index in [1.54, 1.807) is 0 Å². The van der Waals surface area contributed by atoms with Gasteiger partial charge in [0.2, 0.25) is 10.0 Å². The van der Waals surface area contributed by atoms with Crippen LogP contribution in [-0.2, 0) is 26.0 Å². The highest BCUT2D eigenvalue weighted by Gasteiger charge is 2.42. The van der Waals surface area contributed by atoms with Crippen molar-refractivity contribution in [2.45, 2.75) is 55.8 Å². The maximum Gasteiger partial charge on any atom is 0.387 e. The molecule has 0 radical (unpaired) electrons. The molecule has 2 heterocycles. The molecule has 3 aromatic rings. The number of hydrogen-bond acceptors (Lipinski definition) is 9. The Bertz CT molecular complexity index is 1700. The minimum atomic E-state index is -4.19. The molecule has 47 heavy (non-hydrogen) atoms. The average molecular weight is 718 g/mol. The smallest absolute Gasteiger partial charge is 0.387 e. The maximum absolute atomic E-state index is 13.8. The van der Waals surface area contributed by atoms with E-state index in [4.69, 9.17) is 42.1 Å². The fraction of sp³-hybridized carbons (Fsp3) is 0.419. The van der Waals surface area contributed by atoms with E-state index in [1.807, 2.05) is 0 Å². The van der Waals surface area contributed by atoms with Crippen molar-refractivity contribution in [1.82, 2.24) is 4.31 Å². The van der Waals surface area contributed by atoms with Crippen LogP contribution < -0.4 is 23.7 Å². The molecule has 1 aromatic heterocycles. The number of benzene rings is 2. The van der Waals surface area contributed by atoms with Gasteiger partial charge in [-0.25, -0.2) is 8.42 Å². The number of aromatic nitrogens is 1. The van der Waals surface area contributed by atoms with Crippen LogP contribution >= 0.6 is 23.2 Å². The molecule has 0 bridgehead atoms. The van der Waals surface area contributed by atoms with Gasteiger partial charge in [-0.05, 0) is 61.4 Å². The van der Waals surface area contributed by atoms with Crippen LogP contribution in [0.25, 0.3) is 0 Å². The van der Waals surface area contributed by atoms with E-state index in [2.05, 4.69) is 4.74 Å². The minimum Gasteiger partial charge on any atom is -0.619 e. The summed E-state index contributed by atoms with van der Waals surface area (Å²) in [7, 11) is -1.39. The van der Waals surface area contributed by atoms with Gasteiger partial charge in [-0.2, -0.15) is 17.8 Å². The Morgan fingerprint density at radius 3 is 2.32 bits per heavy atom. The first kappa shape index (κ1) is 34.7. The Kier molecular flexibility index (Phi) is 10.8. The lowest BCUT2D eigenvalue weighted by atomic mass is 10.0. The molecule has 1 aliphatic carbocycles. The molecule has 11 nitrogen and oxygen atoms in total. The first-order valence-corrected chi connectivity index (χ1v) is 16.8. The van der Waals surface area contributed by atoms with Crippen molar-refractivity contribution in [2.24, 2.45) is 5.92 Å². The van der Waals surface area contributed by atoms with E-state index >= 15 is 0 Å². The number of nitrogens with zero attached hydrogens (tertiary/aromatic N) is 2. The van der Waals surface area contributed by atoms with E-state index in [-0.39, 0.29) is 69.7 Å². The number of carbonyl (C=O) groups excluding carboxylic acids is 1. The van der Waals surface area contributed by atoms with Gasteiger partial charge in [0, 0.05) is 24.6 Å². The zero-order valence-electron chi connectivity index (χ0n) is 25.4. The van der Waals surface area contributed by atoms with Gasteiger partial charge in [-0.15, -0.1) is 0 Å². The zero-order valence-corrected chi connectivity index (χ0v) is 27.7. The third kappa shape index (κ3) is 8.11. The van der Waals surface area contributed by atoms with Crippen LogP contribution in [0.1, 0.15) is 42.9 Å². The normalized spacial score (nSPS) is 17.4. The molecule has 0 spiro atoms. The first-order valence-electron chi connectivity index (χ1n) is 14.6. The lowest BCUT2D eigenvalue weighted by Gasteiger charge is -2.26. The van der Waals surface area contributed by atoms with E-state index in [1.165, 1.54) is 50.6 Å². The van der Waals surface area contributed by atoms with Crippen molar-refractivity contribution >= 4 is 39.2 Å². The van der Waals surface area contributed by atoms with E-state index in [0.29, 0.717) is 22.5 Å². The number of halogens is 4. The van der Waals surface area contributed by atoms with Gasteiger partial charge in [-0.3, -0.25) is 4.79 Å². The predicted molar refractivity (Wildman–Crippen MR) is 166 cm³/mol. The third-order valence-electron chi connectivity index (χ3n) is 7.87. The Labute approximate surface area is 280 Å². The van der Waals surface area contributed by atoms with E-state index in [0.717, 1.165) is 29.5 Å². The Balaban J connectivity index is 1.47. The van der Waals surface area contributed by atoms with Gasteiger partial charge in [-0.1, -0.05) is 29.3 Å². The summed E-state index contributed by atoms with van der Waals surface area (Å²) in [5.41, 5.74) is 0.580. The Hall–Kier alpha value is -3.59. The highest BCUT2D eigenvalue weighted by atomic mass is 35.5. The summed E-state index contributed by atoms with van der Waals surface area (Å²) in [6.07, 6.45) is 3.32. The topological polar surface area (TPSA) is 128 Å². The molecule has 0 N–H and O–H groups in total. The lowest BCUT2D eigenvalue weighted by molar-refractivity contribution is -0.605. The van der Waals surface area contributed by atoms with Gasteiger partial charge < -0.3 is 28.9 Å². The summed E-state index contributed by atoms with van der Waals surface area (Å²) in [5, 5.41) is 11.9. The fourth-order valence-corrected chi connectivity index (χ4v) is 7.52. The van der Waals surface area contributed by atoms with E-state index < -0.39 is 34.7 Å². The lowest BCUT2D eigenvalue weighted by Crippen LogP contribution is -2.41. The van der Waals surface area contributed by atoms with Gasteiger partial charge >= 0.3 is 12.6 Å². The van der Waals surface area contributed by atoms with Crippen LogP contribution in [0.15, 0.2) is 53.7 Å². The minimum absolute atomic E-state index is 0.00469. The molecule has 1 saturated carbocycles. The number of sulfonamides is 1. The van der Waals surface area contributed by atoms with Crippen molar-refractivity contribution < 1.29 is 50.4 Å². The molecule has 2 fully saturated rings. The predicted octanol–water partition coefficient (Wildman–Crippen LogP) is 5.71. The molecule has 2 aliphatic rings. The molecule has 0 unspecified atom stereocenters. The summed E-state index contributed by atoms with van der Waals surface area (Å²) < 4.78 is 82.3. The number of esters is 1. The Morgan fingerprint density at radius 2 is 1.68 bits per heavy atom. The van der Waals surface area contributed by atoms with Crippen molar-refractivity contribution in [1.29, 1.82) is 0 Å². The summed E-state index contributed by atoms with van der Waals surface area (Å²) in [6.45, 7) is -2.78. The summed E-state index contributed by atoms with van der Waals surface area (Å²) in [4.78, 5) is 13.7. The van der Waals surface area contributed by atoms with Crippen molar-refractivity contribution in [3.63, 3.8) is 0 Å². The second-order valence-corrected chi connectivity index (χ2v) is 13.8. The summed E-state index contributed by atoms with van der Waals surface area (Å²) in [5.74, 6) is -0.238. The SMILES string of the molecule is COc1ccc(S(=O)(=O)N2CCC[C@H]2C(=O)O[C@@H](Cc2c(Cl)c[n+]([O-])cc2Cl)c2ccc(OC(F)F)c(OCC3CC3)c2)cc1OC. The molecule has 5 rings (SSSR count). The van der Waals surface area contributed by atoms with Gasteiger partial charge in [0.15, 0.2) is 35.4 Å². The fourth-order valence-electron chi connectivity index (χ4n) is 5.26. The number of hydrogen-bond donors (Lipinski definition) is 0. The molecule has 2 aromatic carbocycles. The van der Waals surface area contributed by atoms with E-state index in [9.17, 15) is 27.2 Å². The average Bonchev–Trinajstić information content (AvgIpc) is 3.72. The van der Waals surface area contributed by atoms with Crippen LogP contribution in [0, 0.1) is 11.1 Å². The molecule has 1 aliphatic heterocycles. The number of alkyl halides is 2. The second kappa shape index (κ2) is 14.7. The number of methoxy groups -OCH3 is 2. The second-order valence-electron chi connectivity index (χ2n) is 11.1. The number of ether oxygens (including phenoxy) is 5. The van der Waals surface area contributed by atoms with Gasteiger partial charge in [0.1, 0.15) is 22.2 Å². The number of rotatable bonds is 14. The largest absolute Gasteiger partial charge is 0.619 e. The maximum atomic E-state index is 13.8. The molecule has 16 heteroatoms. The highest BCUT2D eigenvalue weighted by molar-refractivity contribution is 7.89. The standard InChI is InChI=1S/C31H32Cl2F2N2O9S/c1-42-25-10-8-20(13-28(25)43-2)47(40,41)37-11-3-4-24(37)30(38)45-27(14-21-22(32)15-36(39)16-23(21)33)19-7-9-26(46-31(34)35)29(12-19)44-17-18-5-6-18/h7-10,12-13,15-16,18,24,27,31H,3-6,11,14,17H2,1-2H3/t24-,27-/m0/s1. The number of pyridine rings is 1. The molecule has 0 amide bonds. The van der Waals surface area contributed by atoms with Crippen molar-refractivity contribution in [2.75, 3.05) is 27.4 Å². The van der Waals surface area contributed by atoms with Gasteiger partial charge in [0.05, 0.1) is 25.7 Å². The third-order valence-corrected chi connectivity index (χ3v) is 10.4. The highest BCUT2D eigenvalue weighted by Crippen LogP contribution is 2.39. The van der Waals surface area contributed by atoms with Gasteiger partial charge in [0.25, 0.3) is 0 Å². The van der Waals surface area contributed by atoms with Crippen molar-refractivity contribution in [3.8, 4) is 23.0 Å². The van der Waals surface area contributed by atoms with Crippen LogP contribution in [0.5, 0.6) is 23.0 Å². The summed E-state index contributed by atoms with van der Waals surface area (Å²) in [6, 6.07) is 7.05.